The van der Waals surface area contributed by atoms with Crippen molar-refractivity contribution in [3.63, 3.8) is 0 Å². The Balaban J connectivity index is 2.53. The standard InChI is InChI=1S/C8H13N3O/c1-12-8(10-7-9)11-5-3-2-4-6-11/h2-6H2,1H3. The Kier molecular flexibility index (Phi) is 3.39. The second-order valence-corrected chi connectivity index (χ2v) is 2.75. The lowest BCUT2D eigenvalue weighted by molar-refractivity contribution is 0.252. The van der Waals surface area contributed by atoms with E-state index in [1.165, 1.54) is 6.42 Å². The summed E-state index contributed by atoms with van der Waals surface area (Å²) < 4.78 is 4.98. The van der Waals surface area contributed by atoms with E-state index in [9.17, 15) is 0 Å². The van der Waals surface area contributed by atoms with Gasteiger partial charge in [0.15, 0.2) is 0 Å². The van der Waals surface area contributed by atoms with Crippen molar-refractivity contribution in [2.45, 2.75) is 19.3 Å². The van der Waals surface area contributed by atoms with Crippen LogP contribution in [0.15, 0.2) is 4.99 Å². The Hall–Kier alpha value is -1.24. The van der Waals surface area contributed by atoms with Crippen LogP contribution in [0.4, 0.5) is 0 Å². The molecule has 66 valence electrons. The molecule has 0 radical (unpaired) electrons. The van der Waals surface area contributed by atoms with E-state index < -0.39 is 0 Å². The predicted molar refractivity (Wildman–Crippen MR) is 45.5 cm³/mol. The van der Waals surface area contributed by atoms with Crippen LogP contribution < -0.4 is 0 Å². The first-order valence-electron chi connectivity index (χ1n) is 4.14. The largest absolute Gasteiger partial charge is 0.468 e. The molecular formula is C8H13N3O. The zero-order valence-electron chi connectivity index (χ0n) is 7.29. The van der Waals surface area contributed by atoms with Crippen LogP contribution in [0.2, 0.25) is 0 Å². The minimum Gasteiger partial charge on any atom is -0.468 e. The van der Waals surface area contributed by atoms with Crippen molar-refractivity contribution in [3.8, 4) is 6.19 Å². The number of piperidine rings is 1. The van der Waals surface area contributed by atoms with Crippen LogP contribution in [0, 0.1) is 11.5 Å². The summed E-state index contributed by atoms with van der Waals surface area (Å²) in [5.74, 6) is 0. The van der Waals surface area contributed by atoms with E-state index in [1.54, 1.807) is 13.3 Å². The first-order valence-corrected chi connectivity index (χ1v) is 4.14. The van der Waals surface area contributed by atoms with Gasteiger partial charge in [-0.15, -0.1) is 4.99 Å². The molecule has 0 N–H and O–H groups in total. The number of likely N-dealkylation sites (tertiary alicyclic amines) is 1. The van der Waals surface area contributed by atoms with Crippen LogP contribution in [0.25, 0.3) is 0 Å². The molecule has 1 rings (SSSR count). The SMILES string of the molecule is COC(=NC#N)N1CCCCC1. The Morgan fingerprint density at radius 1 is 1.42 bits per heavy atom. The summed E-state index contributed by atoms with van der Waals surface area (Å²) in [6.45, 7) is 1.91. The van der Waals surface area contributed by atoms with Crippen LogP contribution in [0.1, 0.15) is 19.3 Å². The molecule has 0 aromatic heterocycles. The molecule has 1 heterocycles. The molecule has 1 aliphatic rings. The van der Waals surface area contributed by atoms with E-state index in [1.807, 2.05) is 4.90 Å². The molecule has 0 saturated carbocycles. The third-order valence-electron chi connectivity index (χ3n) is 1.95. The molecule has 0 bridgehead atoms. The highest BCUT2D eigenvalue weighted by Gasteiger charge is 2.14. The van der Waals surface area contributed by atoms with Crippen LogP contribution in [-0.2, 0) is 4.74 Å². The van der Waals surface area contributed by atoms with E-state index in [0.717, 1.165) is 25.9 Å². The van der Waals surface area contributed by atoms with Gasteiger partial charge >= 0.3 is 6.02 Å². The highest BCUT2D eigenvalue weighted by Crippen LogP contribution is 2.09. The lowest BCUT2D eigenvalue weighted by Crippen LogP contribution is -2.36. The van der Waals surface area contributed by atoms with Gasteiger partial charge in [0.2, 0.25) is 6.19 Å². The molecule has 4 nitrogen and oxygen atoms in total. The van der Waals surface area contributed by atoms with Gasteiger partial charge in [0.05, 0.1) is 7.11 Å². The number of amidine groups is 1. The fourth-order valence-corrected chi connectivity index (χ4v) is 1.37. The number of nitrogens with zero attached hydrogens (tertiary/aromatic N) is 3. The molecule has 0 aliphatic carbocycles. The Morgan fingerprint density at radius 2 is 2.08 bits per heavy atom. The van der Waals surface area contributed by atoms with Gasteiger partial charge in [0.25, 0.3) is 0 Å². The zero-order valence-corrected chi connectivity index (χ0v) is 7.29. The van der Waals surface area contributed by atoms with Crippen LogP contribution >= 0.6 is 0 Å². The molecule has 0 atom stereocenters. The summed E-state index contributed by atoms with van der Waals surface area (Å²) in [7, 11) is 1.55. The fraction of sp³-hybridized carbons (Fsp3) is 0.750. The molecule has 4 heteroatoms. The van der Waals surface area contributed by atoms with Gasteiger partial charge in [0, 0.05) is 13.1 Å². The Bertz CT molecular complexity index is 201. The van der Waals surface area contributed by atoms with Crippen LogP contribution in [-0.4, -0.2) is 31.1 Å². The highest BCUT2D eigenvalue weighted by atomic mass is 16.5. The lowest BCUT2D eigenvalue weighted by atomic mass is 10.1. The Labute approximate surface area is 72.4 Å². The van der Waals surface area contributed by atoms with Gasteiger partial charge in [0.1, 0.15) is 0 Å². The molecule has 1 fully saturated rings. The minimum atomic E-state index is 0.456. The topological polar surface area (TPSA) is 48.6 Å². The van der Waals surface area contributed by atoms with Crippen molar-refractivity contribution in [1.82, 2.24) is 4.90 Å². The first kappa shape index (κ1) is 8.85. The second kappa shape index (κ2) is 4.60. The van der Waals surface area contributed by atoms with Crippen LogP contribution in [0.3, 0.4) is 0 Å². The quantitative estimate of drug-likeness (QED) is 0.306. The van der Waals surface area contributed by atoms with Crippen molar-refractivity contribution in [1.29, 1.82) is 5.26 Å². The molecule has 0 amide bonds. The van der Waals surface area contributed by atoms with Crippen molar-refractivity contribution in [2.24, 2.45) is 4.99 Å². The predicted octanol–water partition coefficient (Wildman–Crippen LogP) is 0.956. The number of nitriles is 1. The minimum absolute atomic E-state index is 0.456. The van der Waals surface area contributed by atoms with E-state index in [4.69, 9.17) is 10.00 Å². The number of methoxy groups -OCH3 is 1. The van der Waals surface area contributed by atoms with Gasteiger partial charge in [-0.1, -0.05) is 0 Å². The molecule has 0 unspecified atom stereocenters. The molecule has 0 spiro atoms. The summed E-state index contributed by atoms with van der Waals surface area (Å²) in [5.41, 5.74) is 0. The number of hydrogen-bond donors (Lipinski definition) is 0. The van der Waals surface area contributed by atoms with Crippen molar-refractivity contribution >= 4 is 6.02 Å². The number of aliphatic imine (C=N–C) groups is 1. The van der Waals surface area contributed by atoms with Gasteiger partial charge in [-0.25, -0.2) is 0 Å². The van der Waals surface area contributed by atoms with Gasteiger partial charge in [-0.3, -0.25) is 0 Å². The third-order valence-corrected chi connectivity index (χ3v) is 1.95. The molecule has 1 aliphatic heterocycles. The maximum Gasteiger partial charge on any atom is 0.302 e. The lowest BCUT2D eigenvalue weighted by Gasteiger charge is -2.27. The smallest absolute Gasteiger partial charge is 0.302 e. The normalized spacial score (nSPS) is 18.7. The van der Waals surface area contributed by atoms with Crippen molar-refractivity contribution in [2.75, 3.05) is 20.2 Å². The average Bonchev–Trinajstić information content (AvgIpc) is 2.15. The number of ether oxygens (including phenoxy) is 1. The highest BCUT2D eigenvalue weighted by molar-refractivity contribution is 5.74. The molecule has 0 aromatic carbocycles. The monoisotopic (exact) mass is 167 g/mol. The third kappa shape index (κ3) is 2.12. The maximum absolute atomic E-state index is 8.35. The second-order valence-electron chi connectivity index (χ2n) is 2.75. The Morgan fingerprint density at radius 3 is 2.58 bits per heavy atom. The maximum atomic E-state index is 8.35. The number of rotatable bonds is 0. The van der Waals surface area contributed by atoms with E-state index in [-0.39, 0.29) is 0 Å². The van der Waals surface area contributed by atoms with Gasteiger partial charge < -0.3 is 9.64 Å². The van der Waals surface area contributed by atoms with Crippen molar-refractivity contribution in [3.05, 3.63) is 0 Å². The van der Waals surface area contributed by atoms with Gasteiger partial charge in [-0.2, -0.15) is 5.26 Å². The molecule has 1 saturated heterocycles. The van der Waals surface area contributed by atoms with E-state index in [2.05, 4.69) is 4.99 Å². The molecule has 0 aromatic rings. The van der Waals surface area contributed by atoms with E-state index in [0.29, 0.717) is 6.02 Å². The summed E-state index contributed by atoms with van der Waals surface area (Å²) in [4.78, 5) is 5.60. The molecular weight excluding hydrogens is 154 g/mol. The summed E-state index contributed by atoms with van der Waals surface area (Å²) >= 11 is 0. The summed E-state index contributed by atoms with van der Waals surface area (Å²) in [6.07, 6.45) is 5.32. The van der Waals surface area contributed by atoms with Crippen LogP contribution in [0.5, 0.6) is 0 Å². The summed E-state index contributed by atoms with van der Waals surface area (Å²) in [5, 5.41) is 8.35. The van der Waals surface area contributed by atoms with Gasteiger partial charge in [-0.05, 0) is 19.3 Å². The average molecular weight is 167 g/mol. The van der Waals surface area contributed by atoms with E-state index >= 15 is 0 Å². The molecule has 12 heavy (non-hydrogen) atoms. The zero-order chi connectivity index (χ0) is 8.81. The first-order chi connectivity index (χ1) is 5.88. The van der Waals surface area contributed by atoms with Crippen molar-refractivity contribution < 1.29 is 4.74 Å². The number of hydrogen-bond acceptors (Lipinski definition) is 3. The summed E-state index contributed by atoms with van der Waals surface area (Å²) in [6, 6.07) is 0.456. The fourth-order valence-electron chi connectivity index (χ4n) is 1.37.